The minimum atomic E-state index is 0.00758. The number of rotatable bonds is 10. The molecule has 6 nitrogen and oxygen atoms in total. The standard InChI is InChI=1S/C23H30N6.C2H6/c1-6-10-20(7-2)21(8-3)12-11-19(4)29-23(24-5)14-13-22(27-29)25-16-18-28-17-9-15-26-28;1-2/h6-15,17,19H,2-3,16,18H2,1,4-5H3,(H,25,27);1-2H3/b10-6-,12-11+,21-20+,24-23?;. The lowest BCUT2D eigenvalue weighted by molar-refractivity contribution is 0.537. The predicted molar refractivity (Wildman–Crippen MR) is 132 cm³/mol. The molecule has 0 aromatic carbocycles. The molecule has 166 valence electrons. The molecule has 2 rings (SSSR count). The molecule has 2 aromatic rings. The normalized spacial score (nSPS) is 13.5. The maximum atomic E-state index is 4.72. The van der Waals surface area contributed by atoms with E-state index in [9.17, 15) is 0 Å². The van der Waals surface area contributed by atoms with Gasteiger partial charge in [0.1, 0.15) is 11.3 Å². The van der Waals surface area contributed by atoms with Crippen LogP contribution < -0.4 is 10.8 Å². The predicted octanol–water partition coefficient (Wildman–Crippen LogP) is 5.11. The van der Waals surface area contributed by atoms with Crippen LogP contribution >= 0.6 is 0 Å². The minimum absolute atomic E-state index is 0.00758. The highest BCUT2D eigenvalue weighted by molar-refractivity contribution is 5.45. The molecule has 0 amide bonds. The van der Waals surface area contributed by atoms with Gasteiger partial charge < -0.3 is 5.32 Å². The Morgan fingerprint density at radius 3 is 2.48 bits per heavy atom. The van der Waals surface area contributed by atoms with Crippen LogP contribution in [0.4, 0.5) is 5.82 Å². The van der Waals surface area contributed by atoms with E-state index in [0.717, 1.165) is 35.5 Å². The van der Waals surface area contributed by atoms with E-state index in [1.54, 1.807) is 13.2 Å². The number of anilines is 1. The van der Waals surface area contributed by atoms with Crippen LogP contribution in [-0.4, -0.2) is 33.2 Å². The monoisotopic (exact) mass is 420 g/mol. The number of aromatic nitrogens is 4. The molecule has 0 saturated carbocycles. The lowest BCUT2D eigenvalue weighted by Crippen LogP contribution is -2.27. The highest BCUT2D eigenvalue weighted by Gasteiger charge is 2.05. The number of nitrogens with zero attached hydrogens (tertiary/aromatic N) is 5. The zero-order valence-corrected chi connectivity index (χ0v) is 19.5. The number of allylic oxidation sites excluding steroid dienone is 8. The average Bonchev–Trinajstić information content (AvgIpc) is 3.33. The lowest BCUT2D eigenvalue weighted by atomic mass is 10.1. The summed E-state index contributed by atoms with van der Waals surface area (Å²) >= 11 is 0. The van der Waals surface area contributed by atoms with E-state index >= 15 is 0 Å². The van der Waals surface area contributed by atoms with Gasteiger partial charge in [-0.1, -0.05) is 63.5 Å². The molecule has 0 fully saturated rings. The van der Waals surface area contributed by atoms with Crippen LogP contribution in [0.3, 0.4) is 0 Å². The molecule has 0 radical (unpaired) electrons. The quantitative estimate of drug-likeness (QED) is 0.543. The maximum absolute atomic E-state index is 4.72. The van der Waals surface area contributed by atoms with Crippen molar-refractivity contribution in [1.82, 2.24) is 19.6 Å². The Hall–Kier alpha value is -3.41. The summed E-state index contributed by atoms with van der Waals surface area (Å²) in [6.07, 6.45) is 15.5. The Morgan fingerprint density at radius 1 is 1.19 bits per heavy atom. The van der Waals surface area contributed by atoms with Crippen molar-refractivity contribution in [2.24, 2.45) is 4.99 Å². The van der Waals surface area contributed by atoms with E-state index < -0.39 is 0 Å². The zero-order chi connectivity index (χ0) is 23.1. The highest BCUT2D eigenvalue weighted by atomic mass is 15.3. The summed E-state index contributed by atoms with van der Waals surface area (Å²) in [6.45, 7) is 17.4. The van der Waals surface area contributed by atoms with E-state index in [0.29, 0.717) is 0 Å². The molecular weight excluding hydrogens is 384 g/mol. The Kier molecular flexibility index (Phi) is 12.0. The minimum Gasteiger partial charge on any atom is -0.367 e. The second-order valence-electron chi connectivity index (χ2n) is 6.36. The smallest absolute Gasteiger partial charge is 0.146 e. The van der Waals surface area contributed by atoms with Gasteiger partial charge >= 0.3 is 0 Å². The molecule has 0 bridgehead atoms. The van der Waals surface area contributed by atoms with Crippen molar-refractivity contribution < 1.29 is 0 Å². The first-order chi connectivity index (χ1) is 15.1. The van der Waals surface area contributed by atoms with Crippen LogP contribution in [0.25, 0.3) is 0 Å². The van der Waals surface area contributed by atoms with Crippen molar-refractivity contribution in [2.45, 2.75) is 40.3 Å². The molecule has 0 spiro atoms. The number of nitrogens with one attached hydrogen (secondary N) is 1. The first kappa shape index (κ1) is 25.6. The first-order valence-corrected chi connectivity index (χ1v) is 10.7. The zero-order valence-electron chi connectivity index (χ0n) is 19.5. The number of hydrogen-bond acceptors (Lipinski definition) is 4. The van der Waals surface area contributed by atoms with E-state index in [2.05, 4.69) is 41.6 Å². The van der Waals surface area contributed by atoms with Gasteiger partial charge in [-0.25, -0.2) is 4.68 Å². The number of hydrogen-bond donors (Lipinski definition) is 1. The molecule has 2 heterocycles. The topological polar surface area (TPSA) is 60.0 Å². The SMILES string of the molecule is C=CC(/C=C\C)=C(C=C)\C=C\C(C)n1nc(NCCn2cccn2)ccc1=NC.CC. The first-order valence-electron chi connectivity index (χ1n) is 10.7. The Bertz CT molecular complexity index is 958. The summed E-state index contributed by atoms with van der Waals surface area (Å²) in [4.78, 5) is 4.35. The molecule has 0 aliphatic carbocycles. The molecule has 0 aliphatic heterocycles. The summed E-state index contributed by atoms with van der Waals surface area (Å²) in [6, 6.07) is 5.83. The van der Waals surface area contributed by atoms with Crippen molar-refractivity contribution in [3.05, 3.63) is 96.8 Å². The van der Waals surface area contributed by atoms with Crippen LogP contribution in [0, 0.1) is 0 Å². The van der Waals surface area contributed by atoms with Gasteiger partial charge in [-0.05, 0) is 43.2 Å². The fourth-order valence-electron chi connectivity index (χ4n) is 2.80. The van der Waals surface area contributed by atoms with E-state index in [-0.39, 0.29) is 6.04 Å². The second-order valence-corrected chi connectivity index (χ2v) is 6.36. The molecule has 1 N–H and O–H groups in total. The molecule has 2 aromatic heterocycles. The molecule has 1 unspecified atom stereocenters. The van der Waals surface area contributed by atoms with Gasteiger partial charge in [-0.2, -0.15) is 10.2 Å². The van der Waals surface area contributed by atoms with Crippen LogP contribution in [0.1, 0.15) is 33.7 Å². The van der Waals surface area contributed by atoms with Crippen molar-refractivity contribution in [2.75, 3.05) is 18.9 Å². The third-order valence-electron chi connectivity index (χ3n) is 4.34. The van der Waals surface area contributed by atoms with Crippen LogP contribution in [-0.2, 0) is 6.54 Å². The van der Waals surface area contributed by atoms with Crippen molar-refractivity contribution in [3.63, 3.8) is 0 Å². The van der Waals surface area contributed by atoms with Crippen LogP contribution in [0.5, 0.6) is 0 Å². The van der Waals surface area contributed by atoms with Gasteiger partial charge in [0, 0.05) is 26.0 Å². The fraction of sp³-hybridized carbons (Fsp3) is 0.320. The highest BCUT2D eigenvalue weighted by Crippen LogP contribution is 2.14. The Balaban J connectivity index is 0.00000233. The van der Waals surface area contributed by atoms with Crippen molar-refractivity contribution >= 4 is 5.82 Å². The van der Waals surface area contributed by atoms with Gasteiger partial charge in [-0.3, -0.25) is 9.67 Å². The summed E-state index contributed by atoms with van der Waals surface area (Å²) in [5, 5.41) is 12.3. The van der Waals surface area contributed by atoms with E-state index in [1.807, 2.05) is 84.9 Å². The lowest BCUT2D eigenvalue weighted by Gasteiger charge is -2.14. The largest absolute Gasteiger partial charge is 0.367 e. The van der Waals surface area contributed by atoms with Crippen molar-refractivity contribution in [1.29, 1.82) is 0 Å². The van der Waals surface area contributed by atoms with Gasteiger partial charge in [0.2, 0.25) is 0 Å². The summed E-state index contributed by atoms with van der Waals surface area (Å²) in [5.41, 5.74) is 2.84. The molecule has 31 heavy (non-hydrogen) atoms. The van der Waals surface area contributed by atoms with Crippen LogP contribution in [0.15, 0.2) is 96.3 Å². The fourth-order valence-corrected chi connectivity index (χ4v) is 2.80. The third kappa shape index (κ3) is 8.09. The molecule has 0 saturated heterocycles. The molecule has 6 heteroatoms. The van der Waals surface area contributed by atoms with Gasteiger partial charge in [0.05, 0.1) is 12.6 Å². The van der Waals surface area contributed by atoms with Crippen LogP contribution in [0.2, 0.25) is 0 Å². The van der Waals surface area contributed by atoms with E-state index in [4.69, 9.17) is 5.10 Å². The molecule has 1 atom stereocenters. The Labute approximate surface area is 186 Å². The van der Waals surface area contributed by atoms with Gasteiger partial charge in [0.25, 0.3) is 0 Å². The Morgan fingerprint density at radius 2 is 1.90 bits per heavy atom. The average molecular weight is 421 g/mol. The molecule has 0 aliphatic rings. The molecular formula is C25H36N6. The third-order valence-corrected chi connectivity index (χ3v) is 4.34. The maximum Gasteiger partial charge on any atom is 0.146 e. The summed E-state index contributed by atoms with van der Waals surface area (Å²) < 4.78 is 3.78. The second kappa shape index (κ2) is 14.6. The van der Waals surface area contributed by atoms with Gasteiger partial charge in [-0.15, -0.1) is 0 Å². The summed E-state index contributed by atoms with van der Waals surface area (Å²) in [7, 11) is 1.77. The van der Waals surface area contributed by atoms with E-state index in [1.165, 1.54) is 0 Å². The summed E-state index contributed by atoms with van der Waals surface area (Å²) in [5.74, 6) is 0.796. The van der Waals surface area contributed by atoms with Crippen molar-refractivity contribution in [3.8, 4) is 0 Å². The van der Waals surface area contributed by atoms with Gasteiger partial charge in [0.15, 0.2) is 0 Å².